The third-order valence-corrected chi connectivity index (χ3v) is 3.02. The maximum Gasteiger partial charge on any atom is 0.123 e. The van der Waals surface area contributed by atoms with E-state index in [0.29, 0.717) is 19.1 Å². The van der Waals surface area contributed by atoms with E-state index in [1.807, 2.05) is 6.07 Å². The van der Waals surface area contributed by atoms with E-state index in [-0.39, 0.29) is 5.82 Å². The summed E-state index contributed by atoms with van der Waals surface area (Å²) >= 11 is 0. The lowest BCUT2D eigenvalue weighted by molar-refractivity contribution is 0.136. The number of methoxy groups -OCH3 is 1. The van der Waals surface area contributed by atoms with E-state index in [0.717, 1.165) is 30.8 Å². The zero-order valence-corrected chi connectivity index (χ0v) is 12.2. The number of halogens is 1. The summed E-state index contributed by atoms with van der Waals surface area (Å²) in [6.07, 6.45) is 0. The molecule has 0 aromatic heterocycles. The summed E-state index contributed by atoms with van der Waals surface area (Å²) in [4.78, 5) is 2.32. The van der Waals surface area contributed by atoms with Crippen molar-refractivity contribution >= 4 is 0 Å². The van der Waals surface area contributed by atoms with Crippen LogP contribution < -0.4 is 5.73 Å². The first-order valence-corrected chi connectivity index (χ1v) is 6.75. The Morgan fingerprint density at radius 2 is 2.05 bits per heavy atom. The zero-order chi connectivity index (χ0) is 14.3. The molecule has 0 unspecified atom stereocenters. The van der Waals surface area contributed by atoms with Crippen LogP contribution in [-0.2, 0) is 17.8 Å². The van der Waals surface area contributed by atoms with Crippen LogP contribution in [0.5, 0.6) is 0 Å². The minimum Gasteiger partial charge on any atom is -0.383 e. The number of nitrogens with zero attached hydrogens (tertiary/aromatic N) is 1. The molecule has 3 nitrogen and oxygen atoms in total. The molecule has 0 bridgehead atoms. The molecule has 0 fully saturated rings. The van der Waals surface area contributed by atoms with Crippen LogP contribution in [0.4, 0.5) is 4.39 Å². The molecule has 1 aromatic rings. The van der Waals surface area contributed by atoms with Crippen LogP contribution in [0.1, 0.15) is 25.0 Å². The first-order valence-electron chi connectivity index (χ1n) is 6.75. The van der Waals surface area contributed by atoms with Gasteiger partial charge in [-0.1, -0.05) is 19.9 Å². The van der Waals surface area contributed by atoms with Gasteiger partial charge in [-0.05, 0) is 29.2 Å². The van der Waals surface area contributed by atoms with Crippen LogP contribution in [0, 0.1) is 11.7 Å². The molecule has 1 rings (SSSR count). The first-order chi connectivity index (χ1) is 9.06. The number of hydrogen-bond donors (Lipinski definition) is 1. The molecule has 0 aliphatic carbocycles. The Hall–Kier alpha value is -0.970. The highest BCUT2D eigenvalue weighted by atomic mass is 19.1. The van der Waals surface area contributed by atoms with Crippen molar-refractivity contribution < 1.29 is 9.13 Å². The van der Waals surface area contributed by atoms with Crippen molar-refractivity contribution in [1.29, 1.82) is 0 Å². The molecule has 0 aliphatic rings. The Morgan fingerprint density at radius 1 is 1.32 bits per heavy atom. The van der Waals surface area contributed by atoms with Crippen LogP contribution >= 0.6 is 0 Å². The van der Waals surface area contributed by atoms with Gasteiger partial charge in [-0.15, -0.1) is 0 Å². The molecule has 1 aromatic carbocycles. The second-order valence-electron chi connectivity index (χ2n) is 5.24. The SMILES string of the molecule is COCCN(Cc1ccc(F)cc1CN)CC(C)C. The molecule has 0 atom stereocenters. The zero-order valence-electron chi connectivity index (χ0n) is 12.2. The quantitative estimate of drug-likeness (QED) is 0.787. The number of nitrogens with two attached hydrogens (primary N) is 1. The second-order valence-corrected chi connectivity index (χ2v) is 5.24. The fraction of sp³-hybridized carbons (Fsp3) is 0.600. The van der Waals surface area contributed by atoms with Crippen molar-refractivity contribution in [2.45, 2.75) is 26.9 Å². The summed E-state index contributed by atoms with van der Waals surface area (Å²) in [7, 11) is 1.71. The van der Waals surface area contributed by atoms with Crippen LogP contribution in [0.3, 0.4) is 0 Å². The highest BCUT2D eigenvalue weighted by molar-refractivity contribution is 5.27. The maximum absolute atomic E-state index is 13.2. The van der Waals surface area contributed by atoms with Gasteiger partial charge in [0.15, 0.2) is 0 Å². The Balaban J connectivity index is 2.76. The van der Waals surface area contributed by atoms with Crippen molar-refractivity contribution in [2.75, 3.05) is 26.8 Å². The third-order valence-electron chi connectivity index (χ3n) is 3.02. The highest BCUT2D eigenvalue weighted by Gasteiger charge is 2.11. The van der Waals surface area contributed by atoms with Crippen molar-refractivity contribution in [1.82, 2.24) is 4.90 Å². The topological polar surface area (TPSA) is 38.5 Å². The van der Waals surface area contributed by atoms with E-state index in [4.69, 9.17) is 10.5 Å². The fourth-order valence-electron chi connectivity index (χ4n) is 2.15. The smallest absolute Gasteiger partial charge is 0.123 e. The minimum absolute atomic E-state index is 0.225. The molecule has 0 amide bonds. The van der Waals surface area contributed by atoms with Gasteiger partial charge in [0.2, 0.25) is 0 Å². The lowest BCUT2D eigenvalue weighted by atomic mass is 10.1. The van der Waals surface area contributed by atoms with Crippen molar-refractivity contribution in [3.05, 3.63) is 35.1 Å². The van der Waals surface area contributed by atoms with Crippen molar-refractivity contribution in [3.8, 4) is 0 Å². The molecule has 19 heavy (non-hydrogen) atoms. The summed E-state index contributed by atoms with van der Waals surface area (Å²) in [5, 5.41) is 0. The van der Waals surface area contributed by atoms with Gasteiger partial charge >= 0.3 is 0 Å². The molecule has 108 valence electrons. The molecular formula is C15H25FN2O. The van der Waals surface area contributed by atoms with Gasteiger partial charge in [0, 0.05) is 33.3 Å². The monoisotopic (exact) mass is 268 g/mol. The van der Waals surface area contributed by atoms with Gasteiger partial charge in [-0.25, -0.2) is 4.39 Å². The lowest BCUT2D eigenvalue weighted by Gasteiger charge is -2.25. The highest BCUT2D eigenvalue weighted by Crippen LogP contribution is 2.14. The number of ether oxygens (including phenoxy) is 1. The van der Waals surface area contributed by atoms with Crippen LogP contribution in [0.25, 0.3) is 0 Å². The summed E-state index contributed by atoms with van der Waals surface area (Å²) in [5.74, 6) is 0.357. The maximum atomic E-state index is 13.2. The number of rotatable bonds is 8. The predicted molar refractivity (Wildman–Crippen MR) is 76.3 cm³/mol. The van der Waals surface area contributed by atoms with Gasteiger partial charge in [-0.3, -0.25) is 4.90 Å². The van der Waals surface area contributed by atoms with Crippen molar-refractivity contribution in [2.24, 2.45) is 11.7 Å². The minimum atomic E-state index is -0.225. The molecule has 0 saturated carbocycles. The number of benzene rings is 1. The number of hydrogen-bond acceptors (Lipinski definition) is 3. The van der Waals surface area contributed by atoms with Crippen LogP contribution in [0.2, 0.25) is 0 Å². The Morgan fingerprint density at radius 3 is 2.63 bits per heavy atom. The molecule has 4 heteroatoms. The van der Waals surface area contributed by atoms with Crippen LogP contribution in [0.15, 0.2) is 18.2 Å². The standard InChI is InChI=1S/C15H25FN2O/c1-12(2)10-18(6-7-19-3)11-13-4-5-15(16)8-14(13)9-17/h4-5,8,12H,6-7,9-11,17H2,1-3H3. The van der Waals surface area contributed by atoms with Gasteiger partial charge in [0.1, 0.15) is 5.82 Å². The Kier molecular flexibility index (Phi) is 6.99. The second kappa shape index (κ2) is 8.25. The van der Waals surface area contributed by atoms with E-state index in [9.17, 15) is 4.39 Å². The summed E-state index contributed by atoms with van der Waals surface area (Å²) in [5.41, 5.74) is 7.67. The van der Waals surface area contributed by atoms with Crippen molar-refractivity contribution in [3.63, 3.8) is 0 Å². The lowest BCUT2D eigenvalue weighted by Crippen LogP contribution is -2.31. The fourth-order valence-corrected chi connectivity index (χ4v) is 2.15. The summed E-state index contributed by atoms with van der Waals surface area (Å²) in [6, 6.07) is 4.86. The van der Waals surface area contributed by atoms with E-state index < -0.39 is 0 Å². The molecule has 0 radical (unpaired) electrons. The van der Waals surface area contributed by atoms with Gasteiger partial charge in [0.05, 0.1) is 6.61 Å². The van der Waals surface area contributed by atoms with Gasteiger partial charge in [-0.2, -0.15) is 0 Å². The summed E-state index contributed by atoms with van der Waals surface area (Å²) < 4.78 is 18.3. The molecule has 0 heterocycles. The molecular weight excluding hydrogens is 243 g/mol. The Labute approximate surface area is 115 Å². The van der Waals surface area contributed by atoms with E-state index in [1.165, 1.54) is 12.1 Å². The third kappa shape index (κ3) is 5.68. The van der Waals surface area contributed by atoms with Gasteiger partial charge in [0.25, 0.3) is 0 Å². The first kappa shape index (κ1) is 16.1. The molecule has 0 aliphatic heterocycles. The molecule has 0 saturated heterocycles. The molecule has 2 N–H and O–H groups in total. The van der Waals surface area contributed by atoms with Crippen LogP contribution in [-0.4, -0.2) is 31.7 Å². The van der Waals surface area contributed by atoms with E-state index in [2.05, 4.69) is 18.7 Å². The van der Waals surface area contributed by atoms with E-state index >= 15 is 0 Å². The summed E-state index contributed by atoms with van der Waals surface area (Å²) in [6.45, 7) is 8.09. The molecule has 0 spiro atoms. The van der Waals surface area contributed by atoms with Gasteiger partial charge < -0.3 is 10.5 Å². The largest absolute Gasteiger partial charge is 0.383 e. The normalized spacial score (nSPS) is 11.5. The predicted octanol–water partition coefficient (Wildman–Crippen LogP) is 2.39. The average molecular weight is 268 g/mol. The average Bonchev–Trinajstić information content (AvgIpc) is 2.37. The van der Waals surface area contributed by atoms with E-state index in [1.54, 1.807) is 7.11 Å². The Bertz CT molecular complexity index is 382.